The van der Waals surface area contributed by atoms with Gasteiger partial charge in [0.05, 0.1) is 17.0 Å². The third-order valence-electron chi connectivity index (χ3n) is 5.65. The van der Waals surface area contributed by atoms with E-state index in [1.807, 2.05) is 4.90 Å². The van der Waals surface area contributed by atoms with E-state index in [1.54, 1.807) is 23.1 Å². The van der Waals surface area contributed by atoms with Crippen molar-refractivity contribution in [3.05, 3.63) is 70.7 Å². The molecule has 11 heteroatoms. The van der Waals surface area contributed by atoms with E-state index >= 15 is 0 Å². The van der Waals surface area contributed by atoms with Crippen LogP contribution in [0, 0.1) is 5.82 Å². The topological polar surface area (TPSA) is 62.5 Å². The van der Waals surface area contributed by atoms with Gasteiger partial charge in [-0.1, -0.05) is 23.4 Å². The molecular weight excluding hydrogens is 472 g/mol. The number of carbonyl (C=O) groups excluding carboxylic acids is 1. The number of thiophene rings is 1. The zero-order valence-electron chi connectivity index (χ0n) is 17.7. The Bertz CT molecular complexity index is 1340. The van der Waals surface area contributed by atoms with Crippen molar-refractivity contribution in [3.8, 4) is 11.4 Å². The van der Waals surface area contributed by atoms with E-state index in [9.17, 15) is 22.4 Å². The van der Waals surface area contributed by atoms with Gasteiger partial charge in [0, 0.05) is 41.8 Å². The molecule has 0 unspecified atom stereocenters. The molecule has 4 aromatic rings. The van der Waals surface area contributed by atoms with Gasteiger partial charge in [-0.2, -0.15) is 18.2 Å². The Balaban J connectivity index is 1.20. The molecule has 0 bridgehead atoms. The van der Waals surface area contributed by atoms with Crippen LogP contribution in [0.15, 0.2) is 53.1 Å². The fourth-order valence-electron chi connectivity index (χ4n) is 3.86. The Morgan fingerprint density at radius 1 is 1.06 bits per heavy atom. The SMILES string of the molecule is O=C(c1cc2c(F)cccc2s1)N1CCN(Cc2nc(-c3cccc(C(F)(F)F)c3)no2)CC1. The Labute approximate surface area is 195 Å². The van der Waals surface area contributed by atoms with Crippen LogP contribution in [0.25, 0.3) is 21.5 Å². The highest BCUT2D eigenvalue weighted by Crippen LogP contribution is 2.32. The molecule has 0 N–H and O–H groups in total. The maximum atomic E-state index is 14.0. The number of hydrogen-bond acceptors (Lipinski definition) is 6. The molecule has 0 radical (unpaired) electrons. The number of halogens is 4. The highest BCUT2D eigenvalue weighted by atomic mass is 32.1. The zero-order valence-corrected chi connectivity index (χ0v) is 18.5. The first-order valence-electron chi connectivity index (χ1n) is 10.5. The number of amides is 1. The summed E-state index contributed by atoms with van der Waals surface area (Å²) in [4.78, 5) is 21.4. The molecule has 1 aliphatic rings. The zero-order chi connectivity index (χ0) is 23.9. The van der Waals surface area contributed by atoms with Crippen LogP contribution in [0.4, 0.5) is 17.6 Å². The summed E-state index contributed by atoms with van der Waals surface area (Å²) < 4.78 is 58.8. The molecule has 0 spiro atoms. The predicted molar refractivity (Wildman–Crippen MR) is 118 cm³/mol. The molecule has 1 fully saturated rings. The number of alkyl halides is 3. The first kappa shape index (κ1) is 22.5. The molecule has 2 aromatic heterocycles. The van der Waals surface area contributed by atoms with E-state index in [4.69, 9.17) is 4.52 Å². The number of rotatable bonds is 4. The van der Waals surface area contributed by atoms with Crippen molar-refractivity contribution in [1.29, 1.82) is 0 Å². The summed E-state index contributed by atoms with van der Waals surface area (Å²) in [5.41, 5.74) is -0.557. The van der Waals surface area contributed by atoms with Crippen molar-refractivity contribution >= 4 is 27.3 Å². The van der Waals surface area contributed by atoms with Crippen LogP contribution in [0.1, 0.15) is 21.1 Å². The summed E-state index contributed by atoms with van der Waals surface area (Å²) in [6.45, 7) is 2.40. The number of aromatic nitrogens is 2. The van der Waals surface area contributed by atoms with Gasteiger partial charge in [-0.05, 0) is 30.3 Å². The van der Waals surface area contributed by atoms with Gasteiger partial charge in [-0.15, -0.1) is 11.3 Å². The van der Waals surface area contributed by atoms with Crippen LogP contribution in [0.5, 0.6) is 0 Å². The average Bonchev–Trinajstić information content (AvgIpc) is 3.47. The summed E-state index contributed by atoms with van der Waals surface area (Å²) in [6, 6.07) is 11.1. The monoisotopic (exact) mass is 490 g/mol. The lowest BCUT2D eigenvalue weighted by Crippen LogP contribution is -2.48. The standard InChI is InChI=1S/C23H18F4N4O2S/c24-17-5-2-6-18-16(17)12-19(34-18)22(32)31-9-7-30(8-10-31)13-20-28-21(29-33-20)14-3-1-4-15(11-14)23(25,26)27/h1-6,11-12H,7-10,13H2. The summed E-state index contributed by atoms with van der Waals surface area (Å²) >= 11 is 1.27. The third-order valence-corrected chi connectivity index (χ3v) is 6.74. The molecule has 0 aliphatic carbocycles. The van der Waals surface area contributed by atoms with Gasteiger partial charge in [-0.3, -0.25) is 9.69 Å². The Morgan fingerprint density at radius 2 is 1.82 bits per heavy atom. The summed E-state index contributed by atoms with van der Waals surface area (Å²) in [5, 5.41) is 4.26. The fourth-order valence-corrected chi connectivity index (χ4v) is 4.90. The fraction of sp³-hybridized carbons (Fsp3) is 0.261. The predicted octanol–water partition coefficient (Wildman–Crippen LogP) is 5.07. The minimum absolute atomic E-state index is 0.0897. The van der Waals surface area contributed by atoms with Crippen LogP contribution in [0.3, 0.4) is 0 Å². The van der Waals surface area contributed by atoms with Gasteiger partial charge < -0.3 is 9.42 Å². The minimum Gasteiger partial charge on any atom is -0.338 e. The Morgan fingerprint density at radius 3 is 2.56 bits per heavy atom. The Kier molecular flexibility index (Phi) is 5.82. The van der Waals surface area contributed by atoms with Gasteiger partial charge in [0.1, 0.15) is 5.82 Å². The first-order chi connectivity index (χ1) is 16.3. The number of piperazine rings is 1. The van der Waals surface area contributed by atoms with Gasteiger partial charge in [0.25, 0.3) is 5.91 Å². The second kappa shape index (κ2) is 8.80. The Hall–Kier alpha value is -3.31. The van der Waals surface area contributed by atoms with Crippen LogP contribution in [0.2, 0.25) is 0 Å². The molecule has 176 valence electrons. The highest BCUT2D eigenvalue weighted by Gasteiger charge is 2.31. The molecule has 1 amide bonds. The van der Waals surface area contributed by atoms with Crippen molar-refractivity contribution < 1.29 is 26.9 Å². The van der Waals surface area contributed by atoms with E-state index in [0.29, 0.717) is 43.0 Å². The maximum Gasteiger partial charge on any atom is 0.416 e. The largest absolute Gasteiger partial charge is 0.416 e. The molecule has 34 heavy (non-hydrogen) atoms. The quantitative estimate of drug-likeness (QED) is 0.374. The number of carbonyl (C=O) groups is 1. The molecule has 1 saturated heterocycles. The summed E-state index contributed by atoms with van der Waals surface area (Å²) in [5.74, 6) is -0.106. The molecule has 2 aromatic carbocycles. The number of hydrogen-bond donors (Lipinski definition) is 0. The lowest BCUT2D eigenvalue weighted by atomic mass is 10.1. The van der Waals surface area contributed by atoms with Crippen molar-refractivity contribution in [2.24, 2.45) is 0 Å². The van der Waals surface area contributed by atoms with E-state index < -0.39 is 11.7 Å². The second-order valence-electron chi connectivity index (χ2n) is 7.92. The molecule has 3 heterocycles. The maximum absolute atomic E-state index is 14.0. The number of nitrogens with zero attached hydrogens (tertiary/aromatic N) is 4. The average molecular weight is 490 g/mol. The van der Waals surface area contributed by atoms with E-state index in [2.05, 4.69) is 10.1 Å². The lowest BCUT2D eigenvalue weighted by Gasteiger charge is -2.33. The third kappa shape index (κ3) is 4.53. The normalized spacial score (nSPS) is 15.2. The molecule has 0 saturated carbocycles. The van der Waals surface area contributed by atoms with Gasteiger partial charge in [-0.25, -0.2) is 4.39 Å². The van der Waals surface area contributed by atoms with Crippen molar-refractivity contribution in [3.63, 3.8) is 0 Å². The van der Waals surface area contributed by atoms with Crippen LogP contribution < -0.4 is 0 Å². The summed E-state index contributed by atoms with van der Waals surface area (Å²) in [7, 11) is 0. The smallest absolute Gasteiger partial charge is 0.338 e. The minimum atomic E-state index is -4.45. The highest BCUT2D eigenvalue weighted by molar-refractivity contribution is 7.20. The van der Waals surface area contributed by atoms with E-state index in [-0.39, 0.29) is 29.0 Å². The molecular formula is C23H18F4N4O2S. The first-order valence-corrected chi connectivity index (χ1v) is 11.3. The van der Waals surface area contributed by atoms with Crippen molar-refractivity contribution in [1.82, 2.24) is 19.9 Å². The van der Waals surface area contributed by atoms with Crippen LogP contribution in [-0.4, -0.2) is 52.0 Å². The van der Waals surface area contributed by atoms with E-state index in [0.717, 1.165) is 16.8 Å². The van der Waals surface area contributed by atoms with Gasteiger partial charge >= 0.3 is 6.18 Å². The van der Waals surface area contributed by atoms with Gasteiger partial charge in [0.2, 0.25) is 11.7 Å². The van der Waals surface area contributed by atoms with E-state index in [1.165, 1.54) is 29.5 Å². The van der Waals surface area contributed by atoms with Gasteiger partial charge in [0.15, 0.2) is 0 Å². The molecule has 5 rings (SSSR count). The van der Waals surface area contributed by atoms with Crippen molar-refractivity contribution in [2.75, 3.05) is 26.2 Å². The lowest BCUT2D eigenvalue weighted by molar-refractivity contribution is -0.137. The summed E-state index contributed by atoms with van der Waals surface area (Å²) in [6.07, 6.45) is -4.45. The number of benzene rings is 2. The second-order valence-corrected chi connectivity index (χ2v) is 9.00. The molecule has 6 nitrogen and oxygen atoms in total. The molecule has 1 aliphatic heterocycles. The van der Waals surface area contributed by atoms with Crippen molar-refractivity contribution in [2.45, 2.75) is 12.7 Å². The van der Waals surface area contributed by atoms with Crippen LogP contribution >= 0.6 is 11.3 Å². The number of fused-ring (bicyclic) bond motifs is 1. The molecule has 0 atom stereocenters. The van der Waals surface area contributed by atoms with Crippen LogP contribution in [-0.2, 0) is 12.7 Å².